The molecule has 1 aliphatic heterocycles. The number of pyridine rings is 1. The van der Waals surface area contributed by atoms with Gasteiger partial charge < -0.3 is 34.5 Å². The molecule has 1 amide bonds. The predicted molar refractivity (Wildman–Crippen MR) is 157 cm³/mol. The Hall–Kier alpha value is -5.23. The van der Waals surface area contributed by atoms with Crippen molar-refractivity contribution in [2.45, 2.75) is 25.6 Å². The van der Waals surface area contributed by atoms with E-state index in [1.165, 1.54) is 12.4 Å². The Balaban J connectivity index is 1.45. The zero-order chi connectivity index (χ0) is 29.9. The summed E-state index contributed by atoms with van der Waals surface area (Å²) in [4.78, 5) is 29.2. The van der Waals surface area contributed by atoms with Crippen molar-refractivity contribution in [2.75, 3.05) is 25.5 Å². The lowest BCUT2D eigenvalue weighted by atomic mass is 9.96. The van der Waals surface area contributed by atoms with E-state index in [2.05, 4.69) is 31.8 Å². The van der Waals surface area contributed by atoms with Gasteiger partial charge in [0.2, 0.25) is 5.91 Å². The molecule has 0 saturated carbocycles. The van der Waals surface area contributed by atoms with Gasteiger partial charge in [-0.15, -0.1) is 0 Å². The number of hydrogen-bond donors (Lipinski definition) is 4. The summed E-state index contributed by atoms with van der Waals surface area (Å²) in [6.07, 6.45) is 5.15. The second kappa shape index (κ2) is 11.7. The predicted octanol–water partition coefficient (Wildman–Crippen LogP) is 4.01. The first-order chi connectivity index (χ1) is 20.2. The fraction of sp³-hybridized carbons (Fsp3) is 0.233. The first-order valence-electron chi connectivity index (χ1n) is 13.1. The molecule has 2 aromatic carbocycles. The van der Waals surface area contributed by atoms with Crippen LogP contribution in [0.4, 0.5) is 11.5 Å². The first-order valence-corrected chi connectivity index (χ1v) is 13.1. The van der Waals surface area contributed by atoms with Crippen LogP contribution in [0, 0.1) is 5.41 Å². The van der Waals surface area contributed by atoms with Gasteiger partial charge in [0.15, 0.2) is 11.5 Å². The second-order valence-corrected chi connectivity index (χ2v) is 10.1. The molecule has 0 radical (unpaired) electrons. The summed E-state index contributed by atoms with van der Waals surface area (Å²) < 4.78 is 17.7. The van der Waals surface area contributed by atoms with Crippen molar-refractivity contribution in [3.63, 3.8) is 0 Å². The molecule has 42 heavy (non-hydrogen) atoms. The zero-order valence-corrected chi connectivity index (χ0v) is 23.4. The largest absolute Gasteiger partial charge is 0.493 e. The van der Waals surface area contributed by atoms with Crippen molar-refractivity contribution in [1.82, 2.24) is 19.9 Å². The Labute approximate surface area is 241 Å². The highest BCUT2D eigenvalue weighted by Gasteiger charge is 2.32. The number of anilines is 2. The number of carbonyl (C=O) groups is 1. The lowest BCUT2D eigenvalue weighted by molar-refractivity contribution is -0.134. The average molecular weight is 570 g/mol. The quantitative estimate of drug-likeness (QED) is 0.127. The van der Waals surface area contributed by atoms with Crippen molar-refractivity contribution in [3.8, 4) is 23.0 Å². The van der Waals surface area contributed by atoms with Gasteiger partial charge in [-0.2, -0.15) is 0 Å². The summed E-state index contributed by atoms with van der Waals surface area (Å²) in [5.41, 5.74) is 1.06. The number of likely N-dealkylation sites (tertiary alicyclic amines) is 1. The van der Waals surface area contributed by atoms with E-state index in [4.69, 9.17) is 19.6 Å². The molecule has 0 atom stereocenters. The van der Waals surface area contributed by atoms with Gasteiger partial charge in [-0.25, -0.2) is 15.0 Å². The van der Waals surface area contributed by atoms with Gasteiger partial charge in [0.05, 0.1) is 31.3 Å². The van der Waals surface area contributed by atoms with Crippen LogP contribution >= 0.6 is 0 Å². The molecule has 5 rings (SSSR count). The van der Waals surface area contributed by atoms with Gasteiger partial charge in [0, 0.05) is 35.0 Å². The van der Waals surface area contributed by atoms with Crippen molar-refractivity contribution in [2.24, 2.45) is 4.99 Å². The van der Waals surface area contributed by atoms with E-state index in [1.54, 1.807) is 74.5 Å². The van der Waals surface area contributed by atoms with Crippen molar-refractivity contribution in [1.29, 1.82) is 5.41 Å². The van der Waals surface area contributed by atoms with Gasteiger partial charge in [-0.1, -0.05) is 6.58 Å². The fourth-order valence-electron chi connectivity index (χ4n) is 4.52. The molecule has 12 heteroatoms. The van der Waals surface area contributed by atoms with Crippen LogP contribution in [0.5, 0.6) is 23.0 Å². The molecule has 1 fully saturated rings. The average Bonchev–Trinajstić information content (AvgIpc) is 2.94. The van der Waals surface area contributed by atoms with Crippen LogP contribution in [0.2, 0.25) is 0 Å². The number of ether oxygens (including phenoxy) is 3. The number of methoxy groups -OCH3 is 1. The lowest BCUT2D eigenvalue weighted by Gasteiger charge is -2.38. The Morgan fingerprint density at radius 1 is 1.19 bits per heavy atom. The molecular formula is C30H31N7O5. The normalized spacial score (nSPS) is 13.8. The summed E-state index contributed by atoms with van der Waals surface area (Å²) in [6.45, 7) is 7.79. The molecule has 12 nitrogen and oxygen atoms in total. The maximum absolute atomic E-state index is 11.8. The lowest BCUT2D eigenvalue weighted by Crippen LogP contribution is -2.55. The minimum atomic E-state index is -1.23. The molecule has 2 aromatic heterocycles. The maximum Gasteiger partial charge on any atom is 0.246 e. The van der Waals surface area contributed by atoms with E-state index in [0.717, 1.165) is 6.34 Å². The van der Waals surface area contributed by atoms with Gasteiger partial charge in [0.25, 0.3) is 0 Å². The van der Waals surface area contributed by atoms with Crippen molar-refractivity contribution >= 4 is 34.7 Å². The minimum Gasteiger partial charge on any atom is -0.493 e. The standard InChI is InChI=1S/C30H31N7O5/c1-5-28(38)37-14-20(15-37)42-26-12-21-24(13-25(26)40-4)34-17-35-29(21)36-23-7-6-18(10-22(23)30(2,3)39)41-19-8-9-32-27(11-19)33-16-31/h5-13,16-17,20,39H,1,14-15H2,2-4H3,(H2,31,32,33)(H,34,35,36). The molecule has 0 bridgehead atoms. The Kier molecular flexibility index (Phi) is 7.89. The van der Waals surface area contributed by atoms with Gasteiger partial charge >= 0.3 is 0 Å². The maximum atomic E-state index is 11.8. The number of fused-ring (bicyclic) bond motifs is 1. The molecule has 4 aromatic rings. The number of rotatable bonds is 10. The Bertz CT molecular complexity index is 1720. The fourth-order valence-corrected chi connectivity index (χ4v) is 4.52. The SMILES string of the molecule is C=CC(=O)N1CC(Oc2cc3c(Nc4ccc(Oc5cc[nH]/c(=N\C=N)c5)cc4C(C)(C)O)ncnc3cc2OC)C1. The highest BCUT2D eigenvalue weighted by molar-refractivity contribution is 5.93. The van der Waals surface area contributed by atoms with Crippen LogP contribution < -0.4 is 25.0 Å². The molecule has 0 spiro atoms. The van der Waals surface area contributed by atoms with Gasteiger partial charge in [0.1, 0.15) is 41.6 Å². The summed E-state index contributed by atoms with van der Waals surface area (Å²) in [6, 6.07) is 12.3. The van der Waals surface area contributed by atoms with Gasteiger partial charge in [-0.05, 0) is 50.3 Å². The van der Waals surface area contributed by atoms with E-state index in [9.17, 15) is 9.90 Å². The molecule has 1 saturated heterocycles. The third kappa shape index (κ3) is 6.08. The number of aromatic amines is 1. The number of carbonyl (C=O) groups excluding carboxylic acids is 1. The number of aromatic nitrogens is 3. The second-order valence-electron chi connectivity index (χ2n) is 10.1. The Morgan fingerprint density at radius 2 is 1.98 bits per heavy atom. The van der Waals surface area contributed by atoms with E-state index in [1.807, 2.05) is 0 Å². The molecule has 0 aliphatic carbocycles. The molecule has 1 aliphatic rings. The molecule has 3 heterocycles. The molecule has 216 valence electrons. The van der Waals surface area contributed by atoms with Crippen LogP contribution in [-0.4, -0.2) is 63.5 Å². The minimum absolute atomic E-state index is 0.135. The molecule has 0 unspecified atom stereocenters. The number of nitrogens with one attached hydrogen (secondary N) is 3. The summed E-state index contributed by atoms with van der Waals surface area (Å²) >= 11 is 0. The third-order valence-electron chi connectivity index (χ3n) is 6.65. The summed E-state index contributed by atoms with van der Waals surface area (Å²) in [5, 5.41) is 22.2. The van der Waals surface area contributed by atoms with E-state index >= 15 is 0 Å². The van der Waals surface area contributed by atoms with Crippen molar-refractivity contribution in [3.05, 3.63) is 78.7 Å². The van der Waals surface area contributed by atoms with E-state index in [0.29, 0.717) is 69.5 Å². The monoisotopic (exact) mass is 569 g/mol. The molecule has 4 N–H and O–H groups in total. The van der Waals surface area contributed by atoms with Crippen molar-refractivity contribution < 1.29 is 24.1 Å². The highest BCUT2D eigenvalue weighted by atomic mass is 16.5. The first kappa shape index (κ1) is 28.3. The number of hydrogen-bond acceptors (Lipinski definition) is 9. The van der Waals surface area contributed by atoms with Gasteiger partial charge in [-0.3, -0.25) is 10.2 Å². The summed E-state index contributed by atoms with van der Waals surface area (Å²) in [5.74, 6) is 2.39. The number of benzene rings is 2. The van der Waals surface area contributed by atoms with Crippen LogP contribution in [0.1, 0.15) is 19.4 Å². The van der Waals surface area contributed by atoms with Crippen LogP contribution in [0.3, 0.4) is 0 Å². The number of nitrogens with zero attached hydrogens (tertiary/aromatic N) is 4. The Morgan fingerprint density at radius 3 is 2.69 bits per heavy atom. The zero-order valence-electron chi connectivity index (χ0n) is 23.4. The molecular weight excluding hydrogens is 538 g/mol. The van der Waals surface area contributed by atoms with E-state index in [-0.39, 0.29) is 12.0 Å². The summed E-state index contributed by atoms with van der Waals surface area (Å²) in [7, 11) is 1.55. The van der Waals surface area contributed by atoms with Crippen LogP contribution in [-0.2, 0) is 10.4 Å². The highest BCUT2D eigenvalue weighted by Crippen LogP contribution is 2.38. The van der Waals surface area contributed by atoms with E-state index < -0.39 is 5.60 Å². The third-order valence-corrected chi connectivity index (χ3v) is 6.65. The topological polar surface area (TPSA) is 158 Å². The van der Waals surface area contributed by atoms with Crippen LogP contribution in [0.25, 0.3) is 10.9 Å². The number of H-pyrrole nitrogens is 1. The number of amides is 1. The van der Waals surface area contributed by atoms with Crippen LogP contribution in [0.15, 0.2) is 72.6 Å². The smallest absolute Gasteiger partial charge is 0.246 e. The number of aliphatic hydroxyl groups is 1.